The molecule has 0 aromatic carbocycles. The number of alkyl halides is 2. The van der Waals surface area contributed by atoms with Gasteiger partial charge in [-0.25, -0.2) is 12.8 Å². The topological polar surface area (TPSA) is 57.2 Å². The van der Waals surface area contributed by atoms with Crippen molar-refractivity contribution in [1.29, 1.82) is 0 Å². The van der Waals surface area contributed by atoms with Gasteiger partial charge in [0.25, 0.3) is 0 Å². The van der Waals surface area contributed by atoms with Crippen molar-refractivity contribution in [2.45, 2.75) is 31.9 Å². The van der Waals surface area contributed by atoms with E-state index in [0.717, 1.165) is 0 Å². The second-order valence-electron chi connectivity index (χ2n) is 2.86. The summed E-state index contributed by atoms with van der Waals surface area (Å²) in [5, 5.41) is 0. The van der Waals surface area contributed by atoms with Crippen LogP contribution in [0, 0.1) is 0 Å². The summed E-state index contributed by atoms with van der Waals surface area (Å²) in [6.45, 7) is -0.448. The van der Waals surface area contributed by atoms with Crippen LogP contribution in [0.4, 0.5) is 8.78 Å². The van der Waals surface area contributed by atoms with Crippen LogP contribution in [0.5, 0.6) is 0 Å². The van der Waals surface area contributed by atoms with E-state index in [1.54, 1.807) is 0 Å². The normalized spacial score (nSPS) is 13.4. The molecule has 0 aliphatic heterocycles. The van der Waals surface area contributed by atoms with Crippen LogP contribution in [0.2, 0.25) is 0 Å². The summed E-state index contributed by atoms with van der Waals surface area (Å²) in [7, 11) is -4.47. The molecule has 0 bridgehead atoms. The molecule has 0 spiro atoms. The summed E-state index contributed by atoms with van der Waals surface area (Å²) in [4.78, 5) is 0. The van der Waals surface area contributed by atoms with Gasteiger partial charge in [0.2, 0.25) is 0 Å². The van der Waals surface area contributed by atoms with Crippen molar-refractivity contribution in [2.75, 3.05) is 12.4 Å². The van der Waals surface area contributed by atoms with Crippen LogP contribution in [-0.4, -0.2) is 31.6 Å². The molecule has 80 valence electrons. The summed E-state index contributed by atoms with van der Waals surface area (Å²) in [5.41, 5.74) is 0. The van der Waals surface area contributed by atoms with Crippen molar-refractivity contribution in [3.05, 3.63) is 0 Å². The zero-order chi connectivity index (χ0) is 10.3. The predicted molar refractivity (Wildman–Crippen MR) is 43.9 cm³/mol. The monoisotopic (exact) mass is 238 g/mol. The van der Waals surface area contributed by atoms with E-state index in [4.69, 9.17) is 0 Å². The Kier molecular flexibility index (Phi) is 11.1. The molecule has 3 nitrogen and oxygen atoms in total. The molecule has 0 fully saturated rings. The molecule has 0 saturated heterocycles. The van der Waals surface area contributed by atoms with Crippen molar-refractivity contribution in [2.24, 2.45) is 0 Å². The van der Waals surface area contributed by atoms with Crippen molar-refractivity contribution in [1.82, 2.24) is 0 Å². The molecule has 14 heavy (non-hydrogen) atoms. The Morgan fingerprint density at radius 2 is 1.79 bits per heavy atom. The maximum absolute atomic E-state index is 12.7. The summed E-state index contributed by atoms with van der Waals surface area (Å²) < 4.78 is 54.4. The second kappa shape index (κ2) is 9.03. The average molecular weight is 238 g/mol. The molecule has 1 unspecified atom stereocenters. The Morgan fingerprint density at radius 3 is 2.21 bits per heavy atom. The smallest absolute Gasteiger partial charge is 0.748 e. The molecule has 1 atom stereocenters. The van der Waals surface area contributed by atoms with Crippen LogP contribution in [0.3, 0.4) is 0 Å². The standard InChI is InChI=1S/C7H14F2O3S.Na/c8-5-3-1-2-4-7(9)6-13(10,11)12;/h7H,1-6H2,(H,10,11,12);/q;+1/p-1. The van der Waals surface area contributed by atoms with Gasteiger partial charge in [0.1, 0.15) is 6.17 Å². The minimum absolute atomic E-state index is 0. The van der Waals surface area contributed by atoms with Gasteiger partial charge in [-0.3, -0.25) is 4.39 Å². The first-order chi connectivity index (χ1) is 5.95. The molecule has 0 heterocycles. The molecular weight excluding hydrogens is 225 g/mol. The van der Waals surface area contributed by atoms with E-state index in [-0.39, 0.29) is 36.0 Å². The number of unbranched alkanes of at least 4 members (excludes halogenated alkanes) is 2. The second-order valence-corrected chi connectivity index (χ2v) is 4.31. The first-order valence-electron chi connectivity index (χ1n) is 4.09. The maximum atomic E-state index is 12.7. The molecule has 0 amide bonds. The first-order valence-corrected chi connectivity index (χ1v) is 5.67. The van der Waals surface area contributed by atoms with E-state index >= 15 is 0 Å². The third-order valence-corrected chi connectivity index (χ3v) is 2.31. The van der Waals surface area contributed by atoms with E-state index in [1.165, 1.54) is 0 Å². The molecule has 0 radical (unpaired) electrons. The quantitative estimate of drug-likeness (QED) is 0.305. The van der Waals surface area contributed by atoms with Crippen LogP contribution in [0.25, 0.3) is 0 Å². The Bertz CT molecular complexity index is 221. The average Bonchev–Trinajstić information content (AvgIpc) is 1.94. The van der Waals surface area contributed by atoms with Crippen LogP contribution >= 0.6 is 0 Å². The minimum atomic E-state index is -4.47. The van der Waals surface area contributed by atoms with E-state index in [0.29, 0.717) is 19.3 Å². The van der Waals surface area contributed by atoms with Gasteiger partial charge in [-0.05, 0) is 12.8 Å². The number of rotatable bonds is 7. The van der Waals surface area contributed by atoms with Gasteiger partial charge in [0.15, 0.2) is 0 Å². The molecule has 7 heteroatoms. The fourth-order valence-electron chi connectivity index (χ4n) is 0.942. The Labute approximate surface area is 105 Å². The third kappa shape index (κ3) is 12.8. The van der Waals surface area contributed by atoms with Crippen LogP contribution in [0.1, 0.15) is 25.7 Å². The number of hydrogen-bond donors (Lipinski definition) is 0. The Balaban J connectivity index is 0. The van der Waals surface area contributed by atoms with Crippen molar-refractivity contribution in [3.63, 3.8) is 0 Å². The van der Waals surface area contributed by atoms with Crippen LogP contribution in [-0.2, 0) is 10.1 Å². The molecule has 0 saturated carbocycles. The number of hydrogen-bond acceptors (Lipinski definition) is 3. The molecule has 0 rings (SSSR count). The SMILES string of the molecule is O=S(=O)([O-])CC(F)CCCCCF.[Na+]. The van der Waals surface area contributed by atoms with Crippen LogP contribution in [0.15, 0.2) is 0 Å². The zero-order valence-corrected chi connectivity index (χ0v) is 11.0. The van der Waals surface area contributed by atoms with Crippen LogP contribution < -0.4 is 29.6 Å². The fourth-order valence-corrected chi connectivity index (χ4v) is 1.55. The summed E-state index contributed by atoms with van der Waals surface area (Å²) in [5.74, 6) is -0.970. The van der Waals surface area contributed by atoms with Crippen molar-refractivity contribution < 1.29 is 51.3 Å². The van der Waals surface area contributed by atoms with E-state index in [2.05, 4.69) is 0 Å². The molecule has 0 aromatic heterocycles. The third-order valence-electron chi connectivity index (χ3n) is 1.54. The maximum Gasteiger partial charge on any atom is 1.00 e. The fraction of sp³-hybridized carbons (Fsp3) is 1.00. The summed E-state index contributed by atoms with van der Waals surface area (Å²) >= 11 is 0. The van der Waals surface area contributed by atoms with Gasteiger partial charge >= 0.3 is 29.6 Å². The van der Waals surface area contributed by atoms with Gasteiger partial charge in [0.05, 0.1) is 22.5 Å². The molecule has 0 N–H and O–H groups in total. The molecule has 0 aliphatic rings. The zero-order valence-electron chi connectivity index (χ0n) is 8.21. The molecule has 0 aromatic rings. The van der Waals surface area contributed by atoms with E-state index < -0.39 is 28.7 Å². The van der Waals surface area contributed by atoms with Gasteiger partial charge in [-0.15, -0.1) is 0 Å². The van der Waals surface area contributed by atoms with Crippen molar-refractivity contribution in [3.8, 4) is 0 Å². The Morgan fingerprint density at radius 1 is 1.21 bits per heavy atom. The number of halogens is 2. The van der Waals surface area contributed by atoms with Gasteiger partial charge in [-0.2, -0.15) is 0 Å². The molecule has 0 aliphatic carbocycles. The Hall–Kier alpha value is 0.770. The van der Waals surface area contributed by atoms with E-state index in [1.807, 2.05) is 0 Å². The minimum Gasteiger partial charge on any atom is -0.748 e. The summed E-state index contributed by atoms with van der Waals surface area (Å²) in [6.07, 6.45) is -0.295. The predicted octanol–water partition coefficient (Wildman–Crippen LogP) is -1.60. The first kappa shape index (κ1) is 17.2. The summed E-state index contributed by atoms with van der Waals surface area (Å²) in [6, 6.07) is 0. The van der Waals surface area contributed by atoms with Gasteiger partial charge in [0, 0.05) is 0 Å². The molecular formula is C7H13F2NaO3S. The van der Waals surface area contributed by atoms with Gasteiger partial charge in [-0.1, -0.05) is 12.8 Å². The van der Waals surface area contributed by atoms with E-state index in [9.17, 15) is 21.8 Å². The van der Waals surface area contributed by atoms with Gasteiger partial charge < -0.3 is 4.55 Å². The van der Waals surface area contributed by atoms with Crippen molar-refractivity contribution >= 4 is 10.1 Å². The largest absolute Gasteiger partial charge is 1.00 e.